The maximum Gasteiger partial charge on any atom is 0.329 e. The summed E-state index contributed by atoms with van der Waals surface area (Å²) in [6.45, 7) is 3.72. The predicted molar refractivity (Wildman–Crippen MR) is 94.5 cm³/mol. The maximum absolute atomic E-state index is 12.9. The van der Waals surface area contributed by atoms with E-state index in [2.05, 4.69) is 11.9 Å². The molecule has 1 heterocycles. The monoisotopic (exact) mass is 328 g/mol. The maximum atomic E-state index is 12.9. The lowest BCUT2D eigenvalue weighted by molar-refractivity contribution is -0.116. The molecular weight excluding hydrogens is 304 g/mol. The lowest BCUT2D eigenvalue weighted by atomic mass is 9.84. The average Bonchev–Trinajstić information content (AvgIpc) is 2.55. The lowest BCUT2D eigenvalue weighted by Crippen LogP contribution is -2.39. The van der Waals surface area contributed by atoms with Crippen molar-refractivity contribution in [2.24, 2.45) is 5.92 Å². The van der Waals surface area contributed by atoms with E-state index in [-0.39, 0.29) is 23.1 Å². The van der Waals surface area contributed by atoms with Gasteiger partial charge in [0.15, 0.2) is 0 Å². The molecule has 5 heteroatoms. The first kappa shape index (κ1) is 16.7. The van der Waals surface area contributed by atoms with Gasteiger partial charge in [-0.15, -0.1) is 0 Å². The molecule has 0 radical (unpaired) electrons. The zero-order chi connectivity index (χ0) is 17.3. The first-order chi connectivity index (χ1) is 11.5. The summed E-state index contributed by atoms with van der Waals surface area (Å²) < 4.78 is 1.39. The predicted octanol–water partition coefficient (Wildman–Crippen LogP) is 2.96. The number of benzene rings is 1. The van der Waals surface area contributed by atoms with Crippen LogP contribution in [0.4, 0.5) is 0 Å². The van der Waals surface area contributed by atoms with Gasteiger partial charge < -0.3 is 4.98 Å². The minimum Gasteiger partial charge on any atom is -0.307 e. The number of nitrogens with one attached hydrogen (secondary N) is 1. The molecule has 1 fully saturated rings. The van der Waals surface area contributed by atoms with Gasteiger partial charge in [-0.05, 0) is 56.2 Å². The third-order valence-corrected chi connectivity index (χ3v) is 5.21. The number of hydrogen-bond acceptors (Lipinski definition) is 3. The number of fused-ring (bicyclic) bond motifs is 1. The van der Waals surface area contributed by atoms with Crippen LogP contribution in [0.15, 0.2) is 27.8 Å². The minimum atomic E-state index is -0.327. The highest BCUT2D eigenvalue weighted by atomic mass is 16.2. The van der Waals surface area contributed by atoms with Gasteiger partial charge in [0.05, 0.1) is 10.9 Å². The van der Waals surface area contributed by atoms with Crippen molar-refractivity contribution >= 4 is 16.7 Å². The van der Waals surface area contributed by atoms with Crippen molar-refractivity contribution in [2.45, 2.75) is 58.4 Å². The van der Waals surface area contributed by atoms with Crippen LogP contribution in [0.25, 0.3) is 10.9 Å². The normalized spacial score (nSPS) is 21.1. The second-order valence-corrected chi connectivity index (χ2v) is 6.95. The van der Waals surface area contributed by atoms with E-state index >= 15 is 0 Å². The highest BCUT2D eigenvalue weighted by molar-refractivity contribution is 5.82. The van der Waals surface area contributed by atoms with Gasteiger partial charge in [-0.25, -0.2) is 4.79 Å². The Morgan fingerprint density at radius 2 is 1.92 bits per heavy atom. The summed E-state index contributed by atoms with van der Waals surface area (Å²) >= 11 is 0. The van der Waals surface area contributed by atoms with Gasteiger partial charge in [0.25, 0.3) is 5.56 Å². The first-order valence-electron chi connectivity index (χ1n) is 8.76. The Hall–Kier alpha value is -2.17. The number of carbonyl (C=O) groups is 1. The molecule has 0 unspecified atom stereocenters. The Morgan fingerprint density at radius 3 is 2.54 bits per heavy atom. The van der Waals surface area contributed by atoms with Crippen LogP contribution >= 0.6 is 0 Å². The standard InChI is InChI=1S/C19H24N2O3/c1-3-13-4-7-15(8-5-13)21-18(23)16-11-14(10-12(2)22)6-9-17(16)20-19(21)24/h6,9,11,13,15H,3-5,7-8,10H2,1-2H3,(H,20,24). The van der Waals surface area contributed by atoms with Crippen LogP contribution in [-0.2, 0) is 11.2 Å². The Labute approximate surface area is 140 Å². The Kier molecular flexibility index (Phi) is 4.69. The van der Waals surface area contributed by atoms with E-state index in [1.807, 2.05) is 0 Å². The highest BCUT2D eigenvalue weighted by Crippen LogP contribution is 2.32. The van der Waals surface area contributed by atoms with Crippen molar-refractivity contribution in [1.82, 2.24) is 9.55 Å². The van der Waals surface area contributed by atoms with Crippen LogP contribution in [0.5, 0.6) is 0 Å². The van der Waals surface area contributed by atoms with Crippen LogP contribution in [0.3, 0.4) is 0 Å². The van der Waals surface area contributed by atoms with Crippen LogP contribution < -0.4 is 11.2 Å². The average molecular weight is 328 g/mol. The van der Waals surface area contributed by atoms with Crippen LogP contribution in [0.1, 0.15) is 57.6 Å². The summed E-state index contributed by atoms with van der Waals surface area (Å²) in [5.41, 5.74) is 0.780. The summed E-state index contributed by atoms with van der Waals surface area (Å²) in [5, 5.41) is 0.492. The van der Waals surface area contributed by atoms with E-state index in [0.717, 1.165) is 37.7 Å². The molecule has 0 spiro atoms. The molecule has 5 nitrogen and oxygen atoms in total. The summed E-state index contributed by atoms with van der Waals surface area (Å²) in [6.07, 6.45) is 5.34. The molecule has 0 bridgehead atoms. The van der Waals surface area contributed by atoms with Crippen molar-refractivity contribution in [3.8, 4) is 0 Å². The highest BCUT2D eigenvalue weighted by Gasteiger charge is 2.24. The van der Waals surface area contributed by atoms with Gasteiger partial charge in [0.1, 0.15) is 5.78 Å². The van der Waals surface area contributed by atoms with E-state index in [0.29, 0.717) is 23.2 Å². The van der Waals surface area contributed by atoms with E-state index < -0.39 is 0 Å². The molecule has 128 valence electrons. The number of carbonyl (C=O) groups excluding carboxylic acids is 1. The molecule has 1 aromatic heterocycles. The smallest absolute Gasteiger partial charge is 0.307 e. The van der Waals surface area contributed by atoms with E-state index in [1.165, 1.54) is 11.5 Å². The fraction of sp³-hybridized carbons (Fsp3) is 0.526. The molecular formula is C19H24N2O3. The summed E-state index contributed by atoms with van der Waals surface area (Å²) in [7, 11) is 0. The topological polar surface area (TPSA) is 71.9 Å². The third-order valence-electron chi connectivity index (χ3n) is 5.21. The first-order valence-corrected chi connectivity index (χ1v) is 8.76. The number of nitrogens with zero attached hydrogens (tertiary/aromatic N) is 1. The zero-order valence-corrected chi connectivity index (χ0v) is 14.3. The SMILES string of the molecule is CCC1CCC(n2c(=O)[nH]c3ccc(CC(C)=O)cc3c2=O)CC1. The van der Waals surface area contributed by atoms with E-state index in [9.17, 15) is 14.4 Å². The fourth-order valence-electron chi connectivity index (χ4n) is 3.82. The molecule has 0 saturated heterocycles. The third kappa shape index (κ3) is 3.21. The van der Waals surface area contributed by atoms with Gasteiger partial charge in [-0.2, -0.15) is 0 Å². The molecule has 0 amide bonds. The second-order valence-electron chi connectivity index (χ2n) is 6.95. The molecule has 0 aliphatic heterocycles. The van der Waals surface area contributed by atoms with Crippen molar-refractivity contribution < 1.29 is 4.79 Å². The molecule has 1 aliphatic rings. The van der Waals surface area contributed by atoms with E-state index in [1.54, 1.807) is 18.2 Å². The Morgan fingerprint density at radius 1 is 1.21 bits per heavy atom. The molecule has 24 heavy (non-hydrogen) atoms. The van der Waals surface area contributed by atoms with E-state index in [4.69, 9.17) is 0 Å². The number of ketones is 1. The van der Waals surface area contributed by atoms with Gasteiger partial charge in [-0.3, -0.25) is 14.2 Å². The molecule has 1 aliphatic carbocycles. The second kappa shape index (κ2) is 6.75. The van der Waals surface area contributed by atoms with Gasteiger partial charge in [-0.1, -0.05) is 19.4 Å². The van der Waals surface area contributed by atoms with Crippen molar-refractivity contribution in [2.75, 3.05) is 0 Å². The molecule has 0 atom stereocenters. The Balaban J connectivity index is 2.03. The summed E-state index contributed by atoms with van der Waals surface area (Å²) in [6, 6.07) is 5.22. The number of aromatic amines is 1. The van der Waals surface area contributed by atoms with Crippen molar-refractivity contribution in [3.05, 3.63) is 44.6 Å². The largest absolute Gasteiger partial charge is 0.329 e. The molecule has 2 aromatic rings. The number of H-pyrrole nitrogens is 1. The quantitative estimate of drug-likeness (QED) is 0.938. The van der Waals surface area contributed by atoms with Gasteiger partial charge in [0.2, 0.25) is 0 Å². The zero-order valence-electron chi connectivity index (χ0n) is 14.3. The number of Topliss-reactive ketones (excluding diaryl/α,β-unsaturated/α-hetero) is 1. The number of rotatable bonds is 4. The van der Waals surface area contributed by atoms with Crippen molar-refractivity contribution in [1.29, 1.82) is 0 Å². The molecule has 1 saturated carbocycles. The molecule has 1 aromatic carbocycles. The molecule has 1 N–H and O–H groups in total. The number of aromatic nitrogens is 2. The summed E-state index contributed by atoms with van der Waals surface area (Å²) in [5.74, 6) is 0.760. The van der Waals surface area contributed by atoms with Gasteiger partial charge in [0, 0.05) is 12.5 Å². The summed E-state index contributed by atoms with van der Waals surface area (Å²) in [4.78, 5) is 39.5. The van der Waals surface area contributed by atoms with Crippen LogP contribution in [0.2, 0.25) is 0 Å². The van der Waals surface area contributed by atoms with Crippen molar-refractivity contribution in [3.63, 3.8) is 0 Å². The minimum absolute atomic E-state index is 0.0232. The van der Waals surface area contributed by atoms with Crippen LogP contribution in [0, 0.1) is 5.92 Å². The Bertz CT molecular complexity index is 870. The van der Waals surface area contributed by atoms with Crippen LogP contribution in [-0.4, -0.2) is 15.3 Å². The van der Waals surface area contributed by atoms with Gasteiger partial charge >= 0.3 is 5.69 Å². The lowest BCUT2D eigenvalue weighted by Gasteiger charge is -2.28. The number of hydrogen-bond donors (Lipinski definition) is 1. The molecule has 3 rings (SSSR count). The fourth-order valence-corrected chi connectivity index (χ4v) is 3.82.